The first-order valence-corrected chi connectivity index (χ1v) is 15.5. The van der Waals surface area contributed by atoms with Crippen LogP contribution in [0.15, 0.2) is 24.3 Å². The predicted molar refractivity (Wildman–Crippen MR) is 158 cm³/mol. The maximum Gasteiger partial charge on any atom is 0.241 e. The molecule has 0 unspecified atom stereocenters. The lowest BCUT2D eigenvalue weighted by Crippen LogP contribution is -2.69. The van der Waals surface area contributed by atoms with Crippen molar-refractivity contribution >= 4 is 63.7 Å². The number of amides is 2. The van der Waals surface area contributed by atoms with E-state index in [0.29, 0.717) is 0 Å². The number of aryl methyl sites for hydroxylation is 6. The molecule has 2 aromatic rings. The summed E-state index contributed by atoms with van der Waals surface area (Å²) >= 11 is 9.53. The number of halogens is 2. The second-order valence-corrected chi connectivity index (χ2v) is 14.4. The average Bonchev–Trinajstić information content (AvgIpc) is 2.70. The molecule has 1 saturated heterocycles. The Kier molecular flexibility index (Phi) is 9.83. The molecular formula is C27H39BCl2N2O2S. The SMILES string of the molecule is Cc1cc(C)c(N2C(=O)C(C)(C)C(=O)N(c3c(C)cc(C)cc3C)C2[BH2-][S+](C)C)c(C)c1.ClCCl. The molecule has 3 rings (SSSR count). The van der Waals surface area contributed by atoms with Crippen molar-refractivity contribution in [3.63, 3.8) is 0 Å². The molecule has 0 N–H and O–H groups in total. The number of alkyl halides is 2. The van der Waals surface area contributed by atoms with Crippen molar-refractivity contribution in [3.8, 4) is 0 Å². The third kappa shape index (κ3) is 6.03. The third-order valence-corrected chi connectivity index (χ3v) is 8.05. The molecular weight excluding hydrogens is 498 g/mol. The van der Waals surface area contributed by atoms with E-state index in [4.69, 9.17) is 23.2 Å². The monoisotopic (exact) mass is 536 g/mol. The Morgan fingerprint density at radius 2 is 1.06 bits per heavy atom. The van der Waals surface area contributed by atoms with Gasteiger partial charge in [0.25, 0.3) is 0 Å². The van der Waals surface area contributed by atoms with E-state index in [-0.39, 0.29) is 34.0 Å². The van der Waals surface area contributed by atoms with Gasteiger partial charge in [0, 0.05) is 17.4 Å². The first kappa shape index (κ1) is 29.6. The van der Waals surface area contributed by atoms with E-state index in [1.54, 1.807) is 13.8 Å². The lowest BCUT2D eigenvalue weighted by molar-refractivity contribution is -0.140. The van der Waals surface area contributed by atoms with Gasteiger partial charge in [-0.3, -0.25) is 9.59 Å². The van der Waals surface area contributed by atoms with Gasteiger partial charge in [0.1, 0.15) is 5.41 Å². The molecule has 1 aliphatic heterocycles. The van der Waals surface area contributed by atoms with Crippen LogP contribution in [-0.2, 0) is 20.3 Å². The zero-order valence-corrected chi connectivity index (χ0v) is 25.3. The van der Waals surface area contributed by atoms with Crippen LogP contribution in [-0.4, -0.2) is 42.3 Å². The molecule has 192 valence electrons. The minimum atomic E-state index is -1.13. The molecule has 0 atom stereocenters. The summed E-state index contributed by atoms with van der Waals surface area (Å²) in [5.41, 5.74) is 7.51. The molecule has 1 heterocycles. The van der Waals surface area contributed by atoms with Gasteiger partial charge in [-0.1, -0.05) is 35.4 Å². The molecule has 8 heteroatoms. The van der Waals surface area contributed by atoms with Crippen LogP contribution in [0, 0.1) is 47.0 Å². The minimum Gasteiger partial charge on any atom is -0.320 e. The Morgan fingerprint density at radius 3 is 1.31 bits per heavy atom. The summed E-state index contributed by atoms with van der Waals surface area (Å²) < 4.78 is 0. The molecule has 0 aromatic heterocycles. The smallest absolute Gasteiger partial charge is 0.241 e. The van der Waals surface area contributed by atoms with E-state index in [1.165, 1.54) is 11.1 Å². The van der Waals surface area contributed by atoms with E-state index in [9.17, 15) is 9.59 Å². The summed E-state index contributed by atoms with van der Waals surface area (Å²) in [6, 6.07) is 8.32. The Labute approximate surface area is 224 Å². The molecule has 0 spiro atoms. The molecule has 35 heavy (non-hydrogen) atoms. The van der Waals surface area contributed by atoms with Crippen molar-refractivity contribution in [1.29, 1.82) is 0 Å². The van der Waals surface area contributed by atoms with Crippen molar-refractivity contribution < 1.29 is 9.59 Å². The van der Waals surface area contributed by atoms with Crippen LogP contribution >= 0.6 is 23.2 Å². The number of anilines is 2. The fraction of sp³-hybridized carbons (Fsp3) is 0.481. The van der Waals surface area contributed by atoms with Crippen LogP contribution < -0.4 is 9.80 Å². The summed E-state index contributed by atoms with van der Waals surface area (Å²) in [5.74, 6) is -0.175. The maximum absolute atomic E-state index is 13.9. The van der Waals surface area contributed by atoms with Crippen molar-refractivity contribution in [2.24, 2.45) is 5.41 Å². The first-order valence-electron chi connectivity index (χ1n) is 12.0. The number of hydrogen-bond acceptors (Lipinski definition) is 2. The molecule has 1 fully saturated rings. The maximum atomic E-state index is 13.9. The van der Waals surface area contributed by atoms with Crippen LogP contribution in [0.4, 0.5) is 11.4 Å². The zero-order valence-electron chi connectivity index (χ0n) is 23.0. The van der Waals surface area contributed by atoms with E-state index in [0.717, 1.165) is 33.6 Å². The van der Waals surface area contributed by atoms with Crippen molar-refractivity contribution in [2.45, 2.75) is 61.5 Å². The minimum absolute atomic E-state index is 0.0876. The van der Waals surface area contributed by atoms with E-state index >= 15 is 0 Å². The summed E-state index contributed by atoms with van der Waals surface area (Å²) in [6.07, 6.45) is 4.46. The van der Waals surface area contributed by atoms with Gasteiger partial charge in [0.05, 0.1) is 17.9 Å². The van der Waals surface area contributed by atoms with Crippen LogP contribution in [0.2, 0.25) is 0 Å². The van der Waals surface area contributed by atoms with Crippen molar-refractivity contribution in [2.75, 3.05) is 27.7 Å². The van der Waals surface area contributed by atoms with Crippen molar-refractivity contribution in [3.05, 3.63) is 57.6 Å². The number of benzene rings is 2. The standard InChI is InChI=1S/C26H37BN2O2S.CH2Cl2/c1-15-11-17(3)21(18(4)12-15)28-23(30)26(7,8)24(31)29(25(28)27-32(9)10)22-19(5)13-16(2)14-20(22)6;2-1-3/h11-14,25H,27H2,1-10H3;1H2. The van der Waals surface area contributed by atoms with Gasteiger partial charge >= 0.3 is 0 Å². The van der Waals surface area contributed by atoms with Gasteiger partial charge in [-0.15, -0.1) is 23.2 Å². The average molecular weight is 537 g/mol. The highest BCUT2D eigenvalue weighted by molar-refractivity contribution is 8.18. The van der Waals surface area contributed by atoms with Crippen LogP contribution in [0.5, 0.6) is 0 Å². The number of carbonyl (C=O) groups excluding carboxylic acids is 2. The molecule has 0 aliphatic carbocycles. The summed E-state index contributed by atoms with van der Waals surface area (Å²) in [7, 11) is 0.145. The third-order valence-electron chi connectivity index (χ3n) is 6.69. The Hall–Kier alpha value is -1.63. The van der Waals surface area contributed by atoms with Crippen LogP contribution in [0.25, 0.3) is 0 Å². The van der Waals surface area contributed by atoms with E-state index < -0.39 is 12.0 Å². The van der Waals surface area contributed by atoms with E-state index in [2.05, 4.69) is 78.3 Å². The summed E-state index contributed by atoms with van der Waals surface area (Å²) in [5, 5.41) is 0.194. The number of carbonyl (C=O) groups is 2. The number of nitrogens with zero attached hydrogens (tertiary/aromatic N) is 2. The van der Waals surface area contributed by atoms with Gasteiger partial charge in [-0.05, 0) is 77.6 Å². The molecule has 4 nitrogen and oxygen atoms in total. The molecule has 2 aromatic carbocycles. The quantitative estimate of drug-likeness (QED) is 0.220. The molecule has 0 saturated carbocycles. The lowest BCUT2D eigenvalue weighted by Gasteiger charge is -2.52. The topological polar surface area (TPSA) is 40.6 Å². The van der Waals surface area contributed by atoms with Crippen molar-refractivity contribution in [1.82, 2.24) is 0 Å². The largest absolute Gasteiger partial charge is 0.320 e. The molecule has 2 amide bonds. The van der Waals surface area contributed by atoms with Gasteiger partial charge < -0.3 is 9.80 Å². The number of hydrogen-bond donors (Lipinski definition) is 0. The Bertz CT molecular complexity index is 995. The van der Waals surface area contributed by atoms with Gasteiger partial charge in [0.15, 0.2) is 0 Å². The van der Waals surface area contributed by atoms with Crippen LogP contribution in [0.1, 0.15) is 47.2 Å². The zero-order chi connectivity index (χ0) is 26.8. The normalized spacial score (nSPS) is 16.0. The number of rotatable bonds is 4. The molecule has 0 radical (unpaired) electrons. The fourth-order valence-corrected chi connectivity index (χ4v) is 6.73. The summed E-state index contributed by atoms with van der Waals surface area (Å²) in [6.45, 7) is 15.4. The van der Waals surface area contributed by atoms with Gasteiger partial charge in [-0.2, -0.15) is 0 Å². The van der Waals surface area contributed by atoms with Crippen LogP contribution in [0.3, 0.4) is 0 Å². The second-order valence-electron chi connectivity index (χ2n) is 10.7. The first-order chi connectivity index (χ1) is 16.2. The highest BCUT2D eigenvalue weighted by Gasteiger charge is 2.52. The fourth-order valence-electron chi connectivity index (χ4n) is 5.46. The summed E-state index contributed by atoms with van der Waals surface area (Å²) in [4.78, 5) is 31.8. The highest BCUT2D eigenvalue weighted by Crippen LogP contribution is 2.41. The van der Waals surface area contributed by atoms with E-state index in [1.807, 2.05) is 9.80 Å². The predicted octanol–water partition coefficient (Wildman–Crippen LogP) is 5.61. The Balaban J connectivity index is 0.00000137. The molecule has 0 bridgehead atoms. The Morgan fingerprint density at radius 1 is 0.771 bits per heavy atom. The second kappa shape index (κ2) is 11.6. The molecule has 1 aliphatic rings. The highest BCUT2D eigenvalue weighted by atomic mass is 35.5. The lowest BCUT2D eigenvalue weighted by atomic mass is 9.80. The van der Waals surface area contributed by atoms with Gasteiger partial charge in [0.2, 0.25) is 18.4 Å². The van der Waals surface area contributed by atoms with Gasteiger partial charge in [-0.25, -0.2) is 10.7 Å².